The standard InChI is InChI=1S/C12H17NO2/c1-4-10(9(2)14)8-11-6-5-7-13-12(11)15-3/h5-7,10H,4,8H2,1-3H3. The number of methoxy groups -OCH3 is 1. The Bertz CT molecular complexity index is 336. The highest BCUT2D eigenvalue weighted by Crippen LogP contribution is 2.20. The van der Waals surface area contributed by atoms with Gasteiger partial charge in [-0.25, -0.2) is 4.98 Å². The van der Waals surface area contributed by atoms with E-state index in [2.05, 4.69) is 4.98 Å². The van der Waals surface area contributed by atoms with E-state index >= 15 is 0 Å². The lowest BCUT2D eigenvalue weighted by Crippen LogP contribution is -2.13. The van der Waals surface area contributed by atoms with Gasteiger partial charge in [-0.05, 0) is 25.8 Å². The Morgan fingerprint density at radius 2 is 2.33 bits per heavy atom. The molecule has 1 atom stereocenters. The first-order chi connectivity index (χ1) is 7.19. The van der Waals surface area contributed by atoms with E-state index in [9.17, 15) is 4.79 Å². The Morgan fingerprint density at radius 1 is 1.60 bits per heavy atom. The number of rotatable bonds is 5. The molecule has 0 fully saturated rings. The molecule has 0 spiro atoms. The first-order valence-electron chi connectivity index (χ1n) is 5.17. The molecule has 82 valence electrons. The molecule has 1 heterocycles. The van der Waals surface area contributed by atoms with Crippen LogP contribution in [0, 0.1) is 5.92 Å². The van der Waals surface area contributed by atoms with Crippen LogP contribution in [0.3, 0.4) is 0 Å². The van der Waals surface area contributed by atoms with Gasteiger partial charge in [0.2, 0.25) is 5.88 Å². The highest BCUT2D eigenvalue weighted by molar-refractivity contribution is 5.78. The Labute approximate surface area is 90.5 Å². The van der Waals surface area contributed by atoms with Crippen molar-refractivity contribution in [2.75, 3.05) is 7.11 Å². The largest absolute Gasteiger partial charge is 0.481 e. The SMILES string of the molecule is CCC(Cc1cccnc1OC)C(C)=O. The second-order valence-corrected chi connectivity index (χ2v) is 3.59. The molecule has 1 aromatic heterocycles. The van der Waals surface area contributed by atoms with Crippen molar-refractivity contribution in [1.29, 1.82) is 0 Å². The summed E-state index contributed by atoms with van der Waals surface area (Å²) in [5, 5.41) is 0. The lowest BCUT2D eigenvalue weighted by atomic mass is 9.94. The maximum absolute atomic E-state index is 11.3. The van der Waals surface area contributed by atoms with Gasteiger partial charge in [-0.3, -0.25) is 4.79 Å². The summed E-state index contributed by atoms with van der Waals surface area (Å²) in [6.07, 6.45) is 3.26. The molecule has 0 saturated carbocycles. The number of carbonyl (C=O) groups is 1. The minimum Gasteiger partial charge on any atom is -0.481 e. The summed E-state index contributed by atoms with van der Waals surface area (Å²) in [5.74, 6) is 0.920. The van der Waals surface area contributed by atoms with Crippen molar-refractivity contribution in [1.82, 2.24) is 4.98 Å². The van der Waals surface area contributed by atoms with Crippen LogP contribution in [0.5, 0.6) is 5.88 Å². The highest BCUT2D eigenvalue weighted by Gasteiger charge is 2.15. The van der Waals surface area contributed by atoms with Crippen LogP contribution in [0.15, 0.2) is 18.3 Å². The van der Waals surface area contributed by atoms with Crippen LogP contribution in [0.25, 0.3) is 0 Å². The lowest BCUT2D eigenvalue weighted by Gasteiger charge is -2.12. The molecule has 0 radical (unpaired) electrons. The number of carbonyl (C=O) groups excluding carboxylic acids is 1. The third-order valence-corrected chi connectivity index (χ3v) is 2.58. The molecule has 0 N–H and O–H groups in total. The van der Waals surface area contributed by atoms with Crippen molar-refractivity contribution < 1.29 is 9.53 Å². The van der Waals surface area contributed by atoms with Crippen LogP contribution >= 0.6 is 0 Å². The average Bonchev–Trinajstić information content (AvgIpc) is 2.25. The molecule has 0 aliphatic heterocycles. The summed E-state index contributed by atoms with van der Waals surface area (Å²) in [5.41, 5.74) is 1.00. The maximum atomic E-state index is 11.3. The molecule has 3 heteroatoms. The minimum absolute atomic E-state index is 0.0723. The maximum Gasteiger partial charge on any atom is 0.216 e. The van der Waals surface area contributed by atoms with Crippen molar-refractivity contribution in [3.63, 3.8) is 0 Å². The Kier molecular flexibility index (Phi) is 4.28. The van der Waals surface area contributed by atoms with E-state index in [0.717, 1.165) is 12.0 Å². The zero-order valence-electron chi connectivity index (χ0n) is 9.49. The predicted molar refractivity (Wildman–Crippen MR) is 59.0 cm³/mol. The van der Waals surface area contributed by atoms with Crippen LogP contribution in [0.4, 0.5) is 0 Å². The second kappa shape index (κ2) is 5.49. The van der Waals surface area contributed by atoms with Gasteiger partial charge < -0.3 is 4.74 Å². The highest BCUT2D eigenvalue weighted by atomic mass is 16.5. The van der Waals surface area contributed by atoms with E-state index in [4.69, 9.17) is 4.74 Å². The van der Waals surface area contributed by atoms with Crippen molar-refractivity contribution in [3.05, 3.63) is 23.9 Å². The van der Waals surface area contributed by atoms with Crippen molar-refractivity contribution >= 4 is 5.78 Å². The van der Waals surface area contributed by atoms with E-state index in [1.165, 1.54) is 0 Å². The van der Waals surface area contributed by atoms with Gasteiger partial charge in [-0.15, -0.1) is 0 Å². The van der Waals surface area contributed by atoms with Crippen LogP contribution in [-0.2, 0) is 11.2 Å². The Hall–Kier alpha value is -1.38. The Morgan fingerprint density at radius 3 is 2.87 bits per heavy atom. The summed E-state index contributed by atoms with van der Waals surface area (Å²) in [7, 11) is 1.60. The third-order valence-electron chi connectivity index (χ3n) is 2.58. The first kappa shape index (κ1) is 11.7. The number of pyridine rings is 1. The number of hydrogen-bond donors (Lipinski definition) is 0. The molecular weight excluding hydrogens is 190 g/mol. The monoisotopic (exact) mass is 207 g/mol. The molecule has 0 amide bonds. The lowest BCUT2D eigenvalue weighted by molar-refractivity contribution is -0.120. The summed E-state index contributed by atoms with van der Waals surface area (Å²) in [4.78, 5) is 15.4. The fraction of sp³-hybridized carbons (Fsp3) is 0.500. The molecule has 0 aliphatic carbocycles. The van der Waals surface area contributed by atoms with Crippen molar-refractivity contribution in [2.45, 2.75) is 26.7 Å². The van der Waals surface area contributed by atoms with Gasteiger partial charge in [0.1, 0.15) is 5.78 Å². The fourth-order valence-electron chi connectivity index (χ4n) is 1.60. The molecule has 0 saturated heterocycles. The number of ketones is 1. The van der Waals surface area contributed by atoms with Crippen LogP contribution in [-0.4, -0.2) is 17.9 Å². The number of Topliss-reactive ketones (excluding diaryl/α,β-unsaturated/α-hetero) is 1. The molecule has 1 rings (SSSR count). The van der Waals surface area contributed by atoms with Crippen molar-refractivity contribution in [3.8, 4) is 5.88 Å². The second-order valence-electron chi connectivity index (χ2n) is 3.59. The molecule has 0 bridgehead atoms. The third kappa shape index (κ3) is 3.05. The smallest absolute Gasteiger partial charge is 0.216 e. The van der Waals surface area contributed by atoms with E-state index in [1.807, 2.05) is 19.1 Å². The molecule has 0 aliphatic rings. The summed E-state index contributed by atoms with van der Waals surface area (Å²) < 4.78 is 5.15. The molecule has 0 aromatic carbocycles. The van der Waals surface area contributed by atoms with Crippen LogP contribution in [0.1, 0.15) is 25.8 Å². The van der Waals surface area contributed by atoms with E-state index in [1.54, 1.807) is 20.2 Å². The Balaban J connectivity index is 2.82. The zero-order valence-corrected chi connectivity index (χ0v) is 9.49. The van der Waals surface area contributed by atoms with Gasteiger partial charge >= 0.3 is 0 Å². The first-order valence-corrected chi connectivity index (χ1v) is 5.17. The molecule has 1 unspecified atom stereocenters. The molecule has 3 nitrogen and oxygen atoms in total. The summed E-state index contributed by atoms with van der Waals surface area (Å²) >= 11 is 0. The van der Waals surface area contributed by atoms with Gasteiger partial charge in [0.05, 0.1) is 7.11 Å². The average molecular weight is 207 g/mol. The van der Waals surface area contributed by atoms with Gasteiger partial charge in [-0.2, -0.15) is 0 Å². The van der Waals surface area contributed by atoms with Gasteiger partial charge in [0.25, 0.3) is 0 Å². The molecule has 1 aromatic rings. The number of aromatic nitrogens is 1. The predicted octanol–water partition coefficient (Wildman–Crippen LogP) is 2.25. The number of nitrogens with zero attached hydrogens (tertiary/aromatic N) is 1. The van der Waals surface area contributed by atoms with E-state index in [-0.39, 0.29) is 11.7 Å². The number of ether oxygens (including phenoxy) is 1. The topological polar surface area (TPSA) is 39.2 Å². The normalized spacial score (nSPS) is 12.2. The summed E-state index contributed by atoms with van der Waals surface area (Å²) in [6, 6.07) is 3.82. The van der Waals surface area contributed by atoms with Gasteiger partial charge in [0.15, 0.2) is 0 Å². The van der Waals surface area contributed by atoms with Crippen LogP contribution < -0.4 is 4.74 Å². The fourth-order valence-corrected chi connectivity index (χ4v) is 1.60. The van der Waals surface area contributed by atoms with E-state index in [0.29, 0.717) is 12.3 Å². The summed E-state index contributed by atoms with van der Waals surface area (Å²) in [6.45, 7) is 3.66. The quantitative estimate of drug-likeness (QED) is 0.743. The van der Waals surface area contributed by atoms with Crippen molar-refractivity contribution in [2.24, 2.45) is 5.92 Å². The number of hydrogen-bond acceptors (Lipinski definition) is 3. The van der Waals surface area contributed by atoms with Crippen LogP contribution in [0.2, 0.25) is 0 Å². The van der Waals surface area contributed by atoms with Gasteiger partial charge in [0, 0.05) is 17.7 Å². The van der Waals surface area contributed by atoms with E-state index < -0.39 is 0 Å². The zero-order chi connectivity index (χ0) is 11.3. The molecular formula is C12H17NO2. The van der Waals surface area contributed by atoms with Gasteiger partial charge in [-0.1, -0.05) is 13.0 Å². The molecule has 15 heavy (non-hydrogen) atoms. The minimum atomic E-state index is 0.0723.